The number of H-pyrrole nitrogens is 1. The van der Waals surface area contributed by atoms with Gasteiger partial charge in [0.15, 0.2) is 5.57 Å². The number of nitrogens with one attached hydrogen (secondary N) is 2. The number of rotatable bonds is 6. The third kappa shape index (κ3) is 3.63. The van der Waals surface area contributed by atoms with E-state index < -0.39 is 5.97 Å². The Bertz CT molecular complexity index is 695. The second-order valence-electron chi connectivity index (χ2n) is 4.45. The molecule has 0 fully saturated rings. The summed E-state index contributed by atoms with van der Waals surface area (Å²) < 4.78 is 4.78. The number of aromatic nitrogens is 1. The topological polar surface area (TPSA) is 77.9 Å². The van der Waals surface area contributed by atoms with E-state index in [0.717, 1.165) is 11.9 Å². The first-order chi connectivity index (χ1) is 10.3. The van der Waals surface area contributed by atoms with Gasteiger partial charge in [0.25, 0.3) is 0 Å². The number of ether oxygens (including phenoxy) is 1. The highest BCUT2D eigenvalue weighted by Gasteiger charge is 2.08. The van der Waals surface area contributed by atoms with E-state index >= 15 is 0 Å². The van der Waals surface area contributed by atoms with Crippen LogP contribution in [0.4, 0.5) is 0 Å². The zero-order valence-electron chi connectivity index (χ0n) is 11.8. The van der Waals surface area contributed by atoms with Gasteiger partial charge in [-0.15, -0.1) is 0 Å². The molecule has 2 N–H and O–H groups in total. The Kier molecular flexibility index (Phi) is 4.99. The summed E-state index contributed by atoms with van der Waals surface area (Å²) in [6.45, 7) is 2.59. The van der Waals surface area contributed by atoms with Crippen LogP contribution in [0.25, 0.3) is 10.9 Å². The van der Waals surface area contributed by atoms with E-state index in [1.54, 1.807) is 6.92 Å². The highest BCUT2D eigenvalue weighted by atomic mass is 16.5. The van der Waals surface area contributed by atoms with E-state index in [4.69, 9.17) is 10.00 Å². The van der Waals surface area contributed by atoms with Gasteiger partial charge in [0.1, 0.15) is 6.07 Å². The van der Waals surface area contributed by atoms with Crippen molar-refractivity contribution >= 4 is 16.9 Å². The monoisotopic (exact) mass is 283 g/mol. The van der Waals surface area contributed by atoms with Crippen LogP contribution in [0.1, 0.15) is 12.5 Å². The van der Waals surface area contributed by atoms with Crippen molar-refractivity contribution in [1.29, 1.82) is 5.26 Å². The average molecular weight is 283 g/mol. The first-order valence-corrected chi connectivity index (χ1v) is 6.82. The van der Waals surface area contributed by atoms with Gasteiger partial charge in [-0.05, 0) is 25.0 Å². The summed E-state index contributed by atoms with van der Waals surface area (Å²) in [4.78, 5) is 14.6. The summed E-state index contributed by atoms with van der Waals surface area (Å²) in [6.07, 6.45) is 4.18. The molecule has 0 radical (unpaired) electrons. The fraction of sp³-hybridized carbons (Fsp3) is 0.250. The SMILES string of the molecule is CCOC(=O)/C(C#N)=C\NCCc1c[nH]c2ccccc12. The number of carbonyl (C=O) groups is 1. The highest BCUT2D eigenvalue weighted by Crippen LogP contribution is 2.17. The number of nitriles is 1. The second kappa shape index (κ2) is 7.15. The lowest BCUT2D eigenvalue weighted by Gasteiger charge is -2.02. The van der Waals surface area contributed by atoms with Gasteiger partial charge in [-0.3, -0.25) is 0 Å². The van der Waals surface area contributed by atoms with Crippen LogP contribution in [-0.2, 0) is 16.0 Å². The van der Waals surface area contributed by atoms with Crippen LogP contribution >= 0.6 is 0 Å². The maximum Gasteiger partial charge on any atom is 0.350 e. The van der Waals surface area contributed by atoms with Crippen molar-refractivity contribution in [2.45, 2.75) is 13.3 Å². The smallest absolute Gasteiger partial charge is 0.350 e. The van der Waals surface area contributed by atoms with Crippen LogP contribution in [0.5, 0.6) is 0 Å². The van der Waals surface area contributed by atoms with E-state index in [-0.39, 0.29) is 12.2 Å². The molecule has 21 heavy (non-hydrogen) atoms. The summed E-state index contributed by atoms with van der Waals surface area (Å²) in [5.41, 5.74) is 2.28. The molecule has 2 aromatic rings. The third-order valence-corrected chi connectivity index (χ3v) is 3.08. The molecule has 0 atom stereocenters. The number of esters is 1. The molecule has 0 unspecified atom stereocenters. The maximum atomic E-state index is 11.4. The average Bonchev–Trinajstić information content (AvgIpc) is 2.91. The van der Waals surface area contributed by atoms with Gasteiger partial charge in [-0.2, -0.15) is 5.26 Å². The fourth-order valence-electron chi connectivity index (χ4n) is 2.07. The minimum Gasteiger partial charge on any atom is -0.462 e. The summed E-state index contributed by atoms with van der Waals surface area (Å²) in [5, 5.41) is 13.1. The standard InChI is InChI=1S/C16H17N3O2/c1-2-21-16(20)13(9-17)10-18-8-7-12-11-19-15-6-4-3-5-14(12)15/h3-6,10-11,18-19H,2,7-8H2,1H3/b13-10-. The van der Waals surface area contributed by atoms with Crippen LogP contribution in [0.15, 0.2) is 42.2 Å². The Morgan fingerprint density at radius 1 is 1.48 bits per heavy atom. The predicted molar refractivity (Wildman–Crippen MR) is 80.3 cm³/mol. The minimum absolute atomic E-state index is 0.0178. The molecule has 5 heteroatoms. The molecule has 0 aliphatic carbocycles. The number of hydrogen-bond acceptors (Lipinski definition) is 4. The Morgan fingerprint density at radius 3 is 3.05 bits per heavy atom. The molecule has 0 amide bonds. The van der Waals surface area contributed by atoms with Crippen molar-refractivity contribution in [2.24, 2.45) is 0 Å². The number of aromatic amines is 1. The molecule has 0 aliphatic rings. The molecule has 0 bridgehead atoms. The molecular formula is C16H17N3O2. The zero-order valence-corrected chi connectivity index (χ0v) is 11.8. The molecular weight excluding hydrogens is 266 g/mol. The molecule has 0 aliphatic heterocycles. The Hall–Kier alpha value is -2.74. The molecule has 5 nitrogen and oxygen atoms in total. The number of para-hydroxylation sites is 1. The van der Waals surface area contributed by atoms with Crippen molar-refractivity contribution in [1.82, 2.24) is 10.3 Å². The molecule has 1 aromatic carbocycles. The van der Waals surface area contributed by atoms with Crippen molar-refractivity contribution in [3.63, 3.8) is 0 Å². The molecule has 1 aromatic heterocycles. The van der Waals surface area contributed by atoms with Gasteiger partial charge < -0.3 is 15.0 Å². The first-order valence-electron chi connectivity index (χ1n) is 6.82. The Labute approximate surface area is 123 Å². The fourth-order valence-corrected chi connectivity index (χ4v) is 2.07. The van der Waals surface area contributed by atoms with E-state index in [0.29, 0.717) is 6.54 Å². The summed E-state index contributed by atoms with van der Waals surface area (Å²) >= 11 is 0. The van der Waals surface area contributed by atoms with Gasteiger partial charge in [0.05, 0.1) is 6.61 Å². The van der Waals surface area contributed by atoms with Gasteiger partial charge in [0.2, 0.25) is 0 Å². The van der Waals surface area contributed by atoms with Crippen LogP contribution in [0.3, 0.4) is 0 Å². The van der Waals surface area contributed by atoms with Gasteiger partial charge in [0, 0.05) is 29.8 Å². The van der Waals surface area contributed by atoms with Crippen molar-refractivity contribution in [2.75, 3.05) is 13.2 Å². The van der Waals surface area contributed by atoms with Crippen molar-refractivity contribution < 1.29 is 9.53 Å². The van der Waals surface area contributed by atoms with Crippen LogP contribution in [0.2, 0.25) is 0 Å². The number of nitrogens with zero attached hydrogens (tertiary/aromatic N) is 1. The highest BCUT2D eigenvalue weighted by molar-refractivity contribution is 5.92. The molecule has 2 rings (SSSR count). The largest absolute Gasteiger partial charge is 0.462 e. The predicted octanol–water partition coefficient (Wildman–Crippen LogP) is 2.27. The third-order valence-electron chi connectivity index (χ3n) is 3.08. The van der Waals surface area contributed by atoms with Crippen LogP contribution < -0.4 is 5.32 Å². The summed E-state index contributed by atoms with van der Waals surface area (Å²) in [6, 6.07) is 9.91. The van der Waals surface area contributed by atoms with Crippen molar-refractivity contribution in [3.8, 4) is 6.07 Å². The van der Waals surface area contributed by atoms with Crippen LogP contribution in [-0.4, -0.2) is 24.1 Å². The molecule has 0 saturated carbocycles. The van der Waals surface area contributed by atoms with Gasteiger partial charge in [-0.1, -0.05) is 18.2 Å². The normalized spacial score (nSPS) is 11.1. The van der Waals surface area contributed by atoms with Crippen molar-refractivity contribution in [3.05, 3.63) is 47.8 Å². The molecule has 0 spiro atoms. The molecule has 1 heterocycles. The lowest BCUT2D eigenvalue weighted by atomic mass is 10.1. The lowest BCUT2D eigenvalue weighted by Crippen LogP contribution is -2.14. The lowest BCUT2D eigenvalue weighted by molar-refractivity contribution is -0.138. The van der Waals surface area contributed by atoms with E-state index in [2.05, 4.69) is 16.4 Å². The maximum absolute atomic E-state index is 11.4. The Morgan fingerprint density at radius 2 is 2.29 bits per heavy atom. The van der Waals surface area contributed by atoms with Gasteiger partial charge in [-0.25, -0.2) is 4.79 Å². The zero-order chi connectivity index (χ0) is 15.1. The minimum atomic E-state index is -0.598. The van der Waals surface area contributed by atoms with E-state index in [9.17, 15) is 4.79 Å². The molecule has 0 saturated heterocycles. The number of hydrogen-bond donors (Lipinski definition) is 2. The summed E-state index contributed by atoms with van der Waals surface area (Å²) in [5.74, 6) is -0.598. The number of fused-ring (bicyclic) bond motifs is 1. The first kappa shape index (κ1) is 14.7. The number of carbonyl (C=O) groups excluding carboxylic acids is 1. The van der Waals surface area contributed by atoms with E-state index in [1.807, 2.05) is 30.5 Å². The number of benzene rings is 1. The van der Waals surface area contributed by atoms with Crippen LogP contribution in [0, 0.1) is 11.3 Å². The quantitative estimate of drug-likeness (QED) is 0.369. The Balaban J connectivity index is 1.92. The van der Waals surface area contributed by atoms with E-state index in [1.165, 1.54) is 17.1 Å². The second-order valence-corrected chi connectivity index (χ2v) is 4.45. The molecule has 108 valence electrons. The summed E-state index contributed by atoms with van der Waals surface area (Å²) in [7, 11) is 0. The van der Waals surface area contributed by atoms with Gasteiger partial charge >= 0.3 is 5.97 Å².